The molecular formula is C13H18O2S. The predicted molar refractivity (Wildman–Crippen MR) is 67.9 cm³/mol. The van der Waals surface area contributed by atoms with Crippen molar-refractivity contribution >= 4 is 17.7 Å². The van der Waals surface area contributed by atoms with E-state index in [-0.39, 0.29) is 0 Å². The van der Waals surface area contributed by atoms with Crippen LogP contribution in [0.3, 0.4) is 0 Å². The number of hydrogen-bond acceptors (Lipinski definition) is 2. The van der Waals surface area contributed by atoms with Crippen LogP contribution in [0.1, 0.15) is 25.8 Å². The molecule has 2 nitrogen and oxygen atoms in total. The third-order valence-corrected chi connectivity index (χ3v) is 4.26. The van der Waals surface area contributed by atoms with Gasteiger partial charge in [-0.05, 0) is 32.4 Å². The van der Waals surface area contributed by atoms with Crippen LogP contribution in [-0.2, 0) is 4.79 Å². The van der Waals surface area contributed by atoms with E-state index in [0.29, 0.717) is 12.2 Å². The van der Waals surface area contributed by atoms with E-state index in [4.69, 9.17) is 5.11 Å². The third-order valence-electron chi connectivity index (χ3n) is 2.88. The molecule has 0 aliphatic heterocycles. The Morgan fingerprint density at radius 3 is 2.38 bits per heavy atom. The van der Waals surface area contributed by atoms with E-state index < -0.39 is 11.4 Å². The number of aryl methyl sites for hydroxylation is 1. The van der Waals surface area contributed by atoms with Crippen molar-refractivity contribution in [3.05, 3.63) is 29.8 Å². The minimum Gasteiger partial charge on any atom is -0.481 e. The Labute approximate surface area is 101 Å². The van der Waals surface area contributed by atoms with Gasteiger partial charge in [-0.1, -0.05) is 24.6 Å². The molecule has 0 saturated carbocycles. The maximum atomic E-state index is 11.1. The zero-order chi connectivity index (χ0) is 12.2. The molecule has 3 heteroatoms. The molecule has 0 aliphatic rings. The zero-order valence-corrected chi connectivity index (χ0v) is 10.8. The van der Waals surface area contributed by atoms with Crippen LogP contribution in [0, 0.1) is 12.3 Å². The largest absolute Gasteiger partial charge is 0.481 e. The fourth-order valence-corrected chi connectivity index (χ4v) is 2.33. The lowest BCUT2D eigenvalue weighted by atomic mass is 9.90. The number of rotatable bonds is 5. The lowest BCUT2D eigenvalue weighted by Gasteiger charge is -2.22. The van der Waals surface area contributed by atoms with Crippen molar-refractivity contribution in [3.63, 3.8) is 0 Å². The molecule has 16 heavy (non-hydrogen) atoms. The van der Waals surface area contributed by atoms with E-state index in [1.54, 1.807) is 18.7 Å². The number of benzene rings is 1. The van der Waals surface area contributed by atoms with Gasteiger partial charge in [-0.15, -0.1) is 11.8 Å². The Morgan fingerprint density at radius 2 is 1.94 bits per heavy atom. The maximum Gasteiger partial charge on any atom is 0.310 e. The van der Waals surface area contributed by atoms with Crippen LogP contribution in [0.5, 0.6) is 0 Å². The topological polar surface area (TPSA) is 37.3 Å². The fraction of sp³-hybridized carbons (Fsp3) is 0.462. The highest BCUT2D eigenvalue weighted by Gasteiger charge is 2.30. The number of aliphatic carboxylic acids is 1. The van der Waals surface area contributed by atoms with Gasteiger partial charge in [0.2, 0.25) is 0 Å². The molecule has 1 rings (SSSR count). The van der Waals surface area contributed by atoms with Gasteiger partial charge in [-0.25, -0.2) is 0 Å². The summed E-state index contributed by atoms with van der Waals surface area (Å²) in [5, 5.41) is 9.14. The quantitative estimate of drug-likeness (QED) is 0.796. The van der Waals surface area contributed by atoms with Crippen LogP contribution in [0.2, 0.25) is 0 Å². The first kappa shape index (κ1) is 13.1. The smallest absolute Gasteiger partial charge is 0.310 e. The van der Waals surface area contributed by atoms with Crippen molar-refractivity contribution in [2.45, 2.75) is 32.1 Å². The molecule has 0 spiro atoms. The molecule has 1 atom stereocenters. The fourth-order valence-electron chi connectivity index (χ4n) is 1.19. The average molecular weight is 238 g/mol. The number of hydrogen-bond donors (Lipinski definition) is 1. The highest BCUT2D eigenvalue weighted by atomic mass is 32.2. The van der Waals surface area contributed by atoms with E-state index in [0.717, 1.165) is 4.90 Å². The van der Waals surface area contributed by atoms with Gasteiger partial charge in [0, 0.05) is 10.6 Å². The first-order chi connectivity index (χ1) is 7.48. The lowest BCUT2D eigenvalue weighted by molar-refractivity contribution is -0.146. The Balaban J connectivity index is 2.63. The van der Waals surface area contributed by atoms with E-state index in [2.05, 4.69) is 0 Å². The molecular weight excluding hydrogens is 220 g/mol. The minimum atomic E-state index is -0.713. The van der Waals surface area contributed by atoms with Crippen molar-refractivity contribution in [1.29, 1.82) is 0 Å². The first-order valence-corrected chi connectivity index (χ1v) is 6.39. The number of carboxylic acid groups (broad SMARTS) is 1. The van der Waals surface area contributed by atoms with Gasteiger partial charge in [-0.2, -0.15) is 0 Å². The second kappa shape index (κ2) is 5.39. The molecule has 0 aromatic heterocycles. The van der Waals surface area contributed by atoms with Crippen LogP contribution in [0.4, 0.5) is 0 Å². The third kappa shape index (κ3) is 3.27. The zero-order valence-electron chi connectivity index (χ0n) is 9.99. The first-order valence-electron chi connectivity index (χ1n) is 5.41. The standard InChI is InChI=1S/C13H18O2S/c1-4-13(3,12(14)15)9-16-11-7-5-10(2)6-8-11/h5-8H,4,9H2,1-3H3,(H,14,15). The highest BCUT2D eigenvalue weighted by Crippen LogP contribution is 2.30. The predicted octanol–water partition coefficient (Wildman–Crippen LogP) is 3.59. The molecule has 0 radical (unpaired) electrons. The van der Waals surface area contributed by atoms with Gasteiger partial charge in [0.15, 0.2) is 0 Å². The van der Waals surface area contributed by atoms with Crippen molar-refractivity contribution in [1.82, 2.24) is 0 Å². The van der Waals surface area contributed by atoms with Gasteiger partial charge in [0.05, 0.1) is 5.41 Å². The molecule has 1 aromatic rings. The monoisotopic (exact) mass is 238 g/mol. The molecule has 0 bridgehead atoms. The maximum absolute atomic E-state index is 11.1. The summed E-state index contributed by atoms with van der Waals surface area (Å²) >= 11 is 1.61. The normalized spacial score (nSPS) is 14.4. The van der Waals surface area contributed by atoms with E-state index in [9.17, 15) is 4.79 Å². The second-order valence-corrected chi connectivity index (χ2v) is 5.37. The summed E-state index contributed by atoms with van der Waals surface area (Å²) in [7, 11) is 0. The van der Waals surface area contributed by atoms with Crippen molar-refractivity contribution in [3.8, 4) is 0 Å². The van der Waals surface area contributed by atoms with Gasteiger partial charge in [-0.3, -0.25) is 4.79 Å². The molecule has 1 N–H and O–H groups in total. The number of carboxylic acids is 1. The van der Waals surface area contributed by atoms with Crippen LogP contribution in [0.15, 0.2) is 29.2 Å². The molecule has 0 amide bonds. The van der Waals surface area contributed by atoms with E-state index in [1.165, 1.54) is 5.56 Å². The Morgan fingerprint density at radius 1 is 1.38 bits per heavy atom. The molecule has 0 fully saturated rings. The van der Waals surface area contributed by atoms with Crippen molar-refractivity contribution < 1.29 is 9.90 Å². The average Bonchev–Trinajstić information content (AvgIpc) is 2.27. The molecule has 0 aliphatic carbocycles. The SMILES string of the molecule is CCC(C)(CSc1ccc(C)cc1)C(=O)O. The van der Waals surface area contributed by atoms with Crippen LogP contribution < -0.4 is 0 Å². The van der Waals surface area contributed by atoms with Crippen LogP contribution >= 0.6 is 11.8 Å². The molecule has 1 unspecified atom stereocenters. The second-order valence-electron chi connectivity index (χ2n) is 4.32. The number of carbonyl (C=O) groups is 1. The molecule has 1 aromatic carbocycles. The van der Waals surface area contributed by atoms with Crippen LogP contribution in [0.25, 0.3) is 0 Å². The van der Waals surface area contributed by atoms with Gasteiger partial charge in [0.1, 0.15) is 0 Å². The summed E-state index contributed by atoms with van der Waals surface area (Å²) in [5.41, 5.74) is 0.594. The Kier molecular flexibility index (Phi) is 4.42. The summed E-state index contributed by atoms with van der Waals surface area (Å²) < 4.78 is 0. The van der Waals surface area contributed by atoms with E-state index >= 15 is 0 Å². The summed E-state index contributed by atoms with van der Waals surface area (Å²) in [6.07, 6.45) is 0.654. The Bertz CT molecular complexity index is 359. The summed E-state index contributed by atoms with van der Waals surface area (Å²) in [6.45, 7) is 5.77. The molecule has 0 saturated heterocycles. The van der Waals surface area contributed by atoms with Gasteiger partial charge >= 0.3 is 5.97 Å². The van der Waals surface area contributed by atoms with E-state index in [1.807, 2.05) is 38.1 Å². The molecule has 0 heterocycles. The lowest BCUT2D eigenvalue weighted by Crippen LogP contribution is -2.29. The highest BCUT2D eigenvalue weighted by molar-refractivity contribution is 7.99. The van der Waals surface area contributed by atoms with Gasteiger partial charge in [0.25, 0.3) is 0 Å². The van der Waals surface area contributed by atoms with Gasteiger partial charge < -0.3 is 5.11 Å². The number of thioether (sulfide) groups is 1. The summed E-state index contributed by atoms with van der Waals surface area (Å²) in [5.74, 6) is -0.100. The van der Waals surface area contributed by atoms with Crippen molar-refractivity contribution in [2.75, 3.05) is 5.75 Å². The summed E-state index contributed by atoms with van der Waals surface area (Å²) in [6, 6.07) is 8.18. The van der Waals surface area contributed by atoms with Crippen molar-refractivity contribution in [2.24, 2.45) is 5.41 Å². The molecule has 88 valence electrons. The Hall–Kier alpha value is -0.960. The summed E-state index contributed by atoms with van der Waals surface area (Å²) in [4.78, 5) is 12.2. The van der Waals surface area contributed by atoms with Crippen LogP contribution in [-0.4, -0.2) is 16.8 Å². The minimum absolute atomic E-state index is 0.613.